The predicted octanol–water partition coefficient (Wildman–Crippen LogP) is 0.575. The van der Waals surface area contributed by atoms with Gasteiger partial charge in [-0.1, -0.05) is 15.7 Å². The standard InChI is InChI=1S/C20H19N7O7S3/c1-8(28)33-9(2)34-19(31)15-10(3-4-11-6-37-26-24-11)5-35-18-14(17(30)27(15)18)23-16(29)13(25-32)12-7-36-20(21)22-12/h3-4,6-7,9,14,18,32H,5H2,1-2H3,(H2,21,22)(H,23,29)/b4-3+,25-13-/t9?,14?,18-/m1/s1. The monoisotopic (exact) mass is 565 g/mol. The molecule has 0 aromatic carbocycles. The minimum atomic E-state index is -1.20. The largest absolute Gasteiger partial charge is 0.426 e. The van der Waals surface area contributed by atoms with Gasteiger partial charge in [0.05, 0.1) is 5.69 Å². The van der Waals surface area contributed by atoms with Crippen molar-refractivity contribution in [2.24, 2.45) is 5.16 Å². The van der Waals surface area contributed by atoms with E-state index in [1.807, 2.05) is 0 Å². The maximum Gasteiger partial charge on any atom is 0.358 e. The van der Waals surface area contributed by atoms with Crippen molar-refractivity contribution < 1.29 is 33.9 Å². The Hall–Kier alpha value is -3.83. The molecule has 0 bridgehead atoms. The molecule has 1 fully saturated rings. The number of hydrogen-bond acceptors (Lipinski definition) is 15. The smallest absolute Gasteiger partial charge is 0.358 e. The first-order chi connectivity index (χ1) is 17.7. The summed E-state index contributed by atoms with van der Waals surface area (Å²) in [6, 6.07) is -1.02. The average Bonchev–Trinajstić information content (AvgIpc) is 3.52. The zero-order chi connectivity index (χ0) is 26.7. The predicted molar refractivity (Wildman–Crippen MR) is 133 cm³/mol. The molecule has 2 amide bonds. The van der Waals surface area contributed by atoms with Crippen LogP contribution < -0.4 is 11.1 Å². The maximum absolute atomic E-state index is 13.1. The van der Waals surface area contributed by atoms with Crippen molar-refractivity contribution in [3.63, 3.8) is 0 Å². The Morgan fingerprint density at radius 3 is 2.73 bits per heavy atom. The molecule has 4 rings (SSSR count). The van der Waals surface area contributed by atoms with Gasteiger partial charge in [0.2, 0.25) is 6.29 Å². The first-order valence-corrected chi connectivity index (χ1v) is 13.2. The second-order valence-corrected chi connectivity index (χ2v) is 10.1. The summed E-state index contributed by atoms with van der Waals surface area (Å²) in [5.74, 6) is -2.68. The number of nitrogens with zero attached hydrogens (tertiary/aromatic N) is 5. The Bertz CT molecular complexity index is 1320. The average molecular weight is 566 g/mol. The molecule has 2 unspecified atom stereocenters. The van der Waals surface area contributed by atoms with E-state index in [1.54, 1.807) is 17.5 Å². The van der Waals surface area contributed by atoms with E-state index in [1.165, 1.54) is 35.9 Å². The van der Waals surface area contributed by atoms with Crippen molar-refractivity contribution in [1.82, 2.24) is 24.8 Å². The van der Waals surface area contributed by atoms with E-state index in [4.69, 9.17) is 15.2 Å². The van der Waals surface area contributed by atoms with Crippen molar-refractivity contribution >= 4 is 75.3 Å². The van der Waals surface area contributed by atoms with Gasteiger partial charge in [0.1, 0.15) is 22.8 Å². The first kappa shape index (κ1) is 26.2. The van der Waals surface area contributed by atoms with Crippen LogP contribution in [0.3, 0.4) is 0 Å². The number of nitrogens with two attached hydrogens (primary N) is 1. The Kier molecular flexibility index (Phi) is 7.84. The molecule has 4 heterocycles. The zero-order valence-corrected chi connectivity index (χ0v) is 21.6. The molecule has 2 aliphatic rings. The van der Waals surface area contributed by atoms with Crippen LogP contribution in [0.2, 0.25) is 0 Å². The third-order valence-electron chi connectivity index (χ3n) is 4.99. The molecular weight excluding hydrogens is 546 g/mol. The molecule has 0 aliphatic carbocycles. The highest BCUT2D eigenvalue weighted by Crippen LogP contribution is 2.41. The molecule has 4 N–H and O–H groups in total. The fourth-order valence-corrected chi connectivity index (χ4v) is 5.76. The summed E-state index contributed by atoms with van der Waals surface area (Å²) in [4.78, 5) is 55.3. The SMILES string of the molecule is CC(=O)OC(C)OC(=O)C1=C(/C=C/c2csnn2)CS[C@@H]2C(NC(=O)/C(=N\O)c3csc(N)n3)C(=O)N12. The van der Waals surface area contributed by atoms with Crippen LogP contribution in [0.4, 0.5) is 5.13 Å². The van der Waals surface area contributed by atoms with Crippen LogP contribution in [0, 0.1) is 0 Å². The number of amides is 2. The van der Waals surface area contributed by atoms with Crippen LogP contribution in [-0.4, -0.2) is 77.6 Å². The van der Waals surface area contributed by atoms with E-state index in [9.17, 15) is 24.4 Å². The number of anilines is 1. The molecule has 2 aromatic heterocycles. The highest BCUT2D eigenvalue weighted by Gasteiger charge is 2.54. The number of oxime groups is 1. The molecule has 0 saturated carbocycles. The molecule has 194 valence electrons. The Labute approximate surface area is 221 Å². The summed E-state index contributed by atoms with van der Waals surface area (Å²) in [6.07, 6.45) is 2.06. The number of esters is 2. The summed E-state index contributed by atoms with van der Waals surface area (Å²) in [7, 11) is 0. The van der Waals surface area contributed by atoms with Crippen LogP contribution in [0.25, 0.3) is 6.08 Å². The van der Waals surface area contributed by atoms with Gasteiger partial charge in [-0.05, 0) is 23.2 Å². The van der Waals surface area contributed by atoms with Crippen LogP contribution in [0.5, 0.6) is 0 Å². The van der Waals surface area contributed by atoms with Gasteiger partial charge < -0.3 is 25.7 Å². The fraction of sp³-hybridized carbons (Fsp3) is 0.300. The number of thioether (sulfide) groups is 1. The van der Waals surface area contributed by atoms with Gasteiger partial charge in [0, 0.05) is 30.4 Å². The third-order valence-corrected chi connectivity index (χ3v) is 7.49. The Morgan fingerprint density at radius 2 is 2.11 bits per heavy atom. The van der Waals surface area contributed by atoms with Crippen molar-refractivity contribution in [2.75, 3.05) is 11.5 Å². The third kappa shape index (κ3) is 5.62. The number of fused-ring (bicyclic) bond motifs is 1. The summed E-state index contributed by atoms with van der Waals surface area (Å²) < 4.78 is 13.9. The number of allylic oxidation sites excluding steroid dienone is 1. The van der Waals surface area contributed by atoms with Crippen molar-refractivity contribution in [1.29, 1.82) is 0 Å². The van der Waals surface area contributed by atoms with Crippen LogP contribution in [0.15, 0.2) is 33.3 Å². The number of nitrogens with one attached hydrogen (secondary N) is 1. The van der Waals surface area contributed by atoms with Gasteiger partial charge in [-0.2, -0.15) is 0 Å². The van der Waals surface area contributed by atoms with E-state index >= 15 is 0 Å². The second-order valence-electron chi connectivity index (χ2n) is 7.50. The van der Waals surface area contributed by atoms with Gasteiger partial charge in [-0.3, -0.25) is 19.3 Å². The maximum atomic E-state index is 13.1. The first-order valence-electron chi connectivity index (χ1n) is 10.4. The molecule has 14 nitrogen and oxygen atoms in total. The number of aromatic nitrogens is 3. The van der Waals surface area contributed by atoms with Crippen LogP contribution in [0.1, 0.15) is 25.2 Å². The highest BCUT2D eigenvalue weighted by molar-refractivity contribution is 8.00. The van der Waals surface area contributed by atoms with Crippen molar-refractivity contribution in [3.05, 3.63) is 39.5 Å². The van der Waals surface area contributed by atoms with Gasteiger partial charge in [-0.25, -0.2) is 9.78 Å². The van der Waals surface area contributed by atoms with Crippen molar-refractivity contribution in [3.8, 4) is 0 Å². The molecular formula is C20H19N7O7S3. The molecule has 0 spiro atoms. The van der Waals surface area contributed by atoms with Crippen LogP contribution in [-0.2, 0) is 28.7 Å². The fourth-order valence-electron chi connectivity index (χ4n) is 3.47. The number of β-lactam (4-membered cyclic amide) rings is 1. The Morgan fingerprint density at radius 1 is 1.32 bits per heavy atom. The lowest BCUT2D eigenvalue weighted by Gasteiger charge is -2.49. The summed E-state index contributed by atoms with van der Waals surface area (Å²) in [6.45, 7) is 2.54. The van der Waals surface area contributed by atoms with E-state index in [-0.39, 0.29) is 22.3 Å². The van der Waals surface area contributed by atoms with Gasteiger partial charge in [0.25, 0.3) is 11.8 Å². The number of thiazole rings is 1. The number of ether oxygens (including phenoxy) is 2. The summed E-state index contributed by atoms with van der Waals surface area (Å²) >= 11 is 3.50. The quantitative estimate of drug-likeness (QED) is 0.101. The van der Waals surface area contributed by atoms with E-state index in [0.29, 0.717) is 11.3 Å². The van der Waals surface area contributed by atoms with E-state index in [0.717, 1.165) is 22.9 Å². The molecule has 17 heteroatoms. The van der Waals surface area contributed by atoms with Gasteiger partial charge >= 0.3 is 11.9 Å². The molecule has 0 radical (unpaired) electrons. The molecule has 2 aliphatic heterocycles. The van der Waals surface area contributed by atoms with Crippen molar-refractivity contribution in [2.45, 2.75) is 31.6 Å². The lowest BCUT2D eigenvalue weighted by molar-refractivity contribution is -0.182. The minimum absolute atomic E-state index is 0.0509. The zero-order valence-electron chi connectivity index (χ0n) is 19.2. The minimum Gasteiger partial charge on any atom is -0.426 e. The van der Waals surface area contributed by atoms with Gasteiger partial charge in [0.15, 0.2) is 10.8 Å². The van der Waals surface area contributed by atoms with Gasteiger partial charge in [-0.15, -0.1) is 28.2 Å². The summed E-state index contributed by atoms with van der Waals surface area (Å²) in [5.41, 5.74) is 6.18. The number of carbonyl (C=O) groups is 4. The Balaban J connectivity index is 1.56. The van der Waals surface area contributed by atoms with E-state index < -0.39 is 47.2 Å². The molecule has 3 atom stereocenters. The number of hydrogen-bond donors (Lipinski definition) is 3. The summed E-state index contributed by atoms with van der Waals surface area (Å²) in [5, 5.41) is 21.4. The van der Waals surface area contributed by atoms with E-state index in [2.05, 4.69) is 25.0 Å². The number of rotatable bonds is 8. The molecule has 37 heavy (non-hydrogen) atoms. The van der Waals surface area contributed by atoms with Crippen LogP contribution >= 0.6 is 34.6 Å². The highest BCUT2D eigenvalue weighted by atomic mass is 32.2. The topological polar surface area (TPSA) is 199 Å². The molecule has 2 aromatic rings. The molecule has 1 saturated heterocycles. The lowest BCUT2D eigenvalue weighted by atomic mass is 10.0. The lowest BCUT2D eigenvalue weighted by Crippen LogP contribution is -2.71. The second kappa shape index (κ2) is 11.1. The number of carbonyl (C=O) groups excluding carboxylic acids is 4. The normalized spacial score (nSPS) is 20.3. The number of nitrogen functional groups attached to an aromatic ring is 1.